The minimum Gasteiger partial charge on any atom is -0.490 e. The molecule has 0 aliphatic carbocycles. The second-order valence-electron chi connectivity index (χ2n) is 6.03. The van der Waals surface area contributed by atoms with Crippen molar-refractivity contribution in [3.63, 3.8) is 0 Å². The lowest BCUT2D eigenvalue weighted by Gasteiger charge is -2.28. The number of fused-ring (bicyclic) bond motifs is 1. The first-order chi connectivity index (χ1) is 10.2. The molecule has 114 valence electrons. The fourth-order valence-corrected chi connectivity index (χ4v) is 3.08. The van der Waals surface area contributed by atoms with Gasteiger partial charge in [-0.2, -0.15) is 0 Å². The lowest BCUT2D eigenvalue weighted by molar-refractivity contribution is 0.0959. The Balaban J connectivity index is 1.68. The first-order valence-electron chi connectivity index (χ1n) is 7.91. The summed E-state index contributed by atoms with van der Waals surface area (Å²) in [5, 5.41) is 3.51. The van der Waals surface area contributed by atoms with Gasteiger partial charge in [-0.25, -0.2) is 0 Å². The largest absolute Gasteiger partial charge is 0.490 e. The van der Waals surface area contributed by atoms with E-state index < -0.39 is 0 Å². The van der Waals surface area contributed by atoms with Crippen molar-refractivity contribution in [3.8, 4) is 11.5 Å². The van der Waals surface area contributed by atoms with E-state index in [1.807, 2.05) is 18.2 Å². The second kappa shape index (κ2) is 6.48. The Kier molecular flexibility index (Phi) is 4.44. The van der Waals surface area contributed by atoms with E-state index in [1.165, 1.54) is 12.8 Å². The number of hydrogen-bond acceptors (Lipinski definition) is 4. The molecule has 21 heavy (non-hydrogen) atoms. The Labute approximate surface area is 125 Å². The molecule has 4 heteroatoms. The molecule has 0 amide bonds. The molecule has 1 N–H and O–H groups in total. The molecule has 0 saturated carbocycles. The van der Waals surface area contributed by atoms with Gasteiger partial charge in [0.05, 0.1) is 13.2 Å². The Bertz CT molecular complexity index is 515. The second-order valence-corrected chi connectivity index (χ2v) is 6.03. The van der Waals surface area contributed by atoms with Gasteiger partial charge in [-0.3, -0.25) is 4.79 Å². The van der Waals surface area contributed by atoms with Gasteiger partial charge in [0.1, 0.15) is 0 Å². The molecule has 3 rings (SSSR count). The van der Waals surface area contributed by atoms with Gasteiger partial charge in [-0.1, -0.05) is 6.42 Å². The number of carbonyl (C=O) groups is 1. The molecule has 2 aliphatic rings. The number of rotatable bonds is 3. The van der Waals surface area contributed by atoms with Crippen LogP contribution >= 0.6 is 0 Å². The minimum atomic E-state index is 0.178. The summed E-state index contributed by atoms with van der Waals surface area (Å²) in [7, 11) is 0. The van der Waals surface area contributed by atoms with E-state index in [2.05, 4.69) is 12.2 Å². The fourth-order valence-electron chi connectivity index (χ4n) is 3.08. The van der Waals surface area contributed by atoms with Gasteiger partial charge in [-0.05, 0) is 38.0 Å². The molecule has 1 aromatic carbocycles. The highest BCUT2D eigenvalue weighted by molar-refractivity contribution is 5.97. The summed E-state index contributed by atoms with van der Waals surface area (Å²) < 4.78 is 11.3. The zero-order chi connectivity index (χ0) is 14.7. The van der Waals surface area contributed by atoms with Crippen molar-refractivity contribution in [1.82, 2.24) is 5.32 Å². The lowest BCUT2D eigenvalue weighted by Crippen LogP contribution is -2.41. The van der Waals surface area contributed by atoms with Crippen LogP contribution < -0.4 is 14.8 Å². The quantitative estimate of drug-likeness (QED) is 0.869. The molecule has 1 saturated heterocycles. The summed E-state index contributed by atoms with van der Waals surface area (Å²) in [6, 6.07) is 6.35. The van der Waals surface area contributed by atoms with Crippen LogP contribution in [0.1, 0.15) is 49.4 Å². The van der Waals surface area contributed by atoms with Crippen LogP contribution in [0.25, 0.3) is 0 Å². The van der Waals surface area contributed by atoms with Gasteiger partial charge in [0.15, 0.2) is 17.3 Å². The summed E-state index contributed by atoms with van der Waals surface area (Å²) in [6.45, 7) is 3.50. The minimum absolute atomic E-state index is 0.178. The van der Waals surface area contributed by atoms with Gasteiger partial charge >= 0.3 is 0 Å². The van der Waals surface area contributed by atoms with Gasteiger partial charge in [0.25, 0.3) is 0 Å². The average molecular weight is 289 g/mol. The number of nitrogens with one attached hydrogen (secondary N) is 1. The maximum Gasteiger partial charge on any atom is 0.164 e. The summed E-state index contributed by atoms with van der Waals surface area (Å²) in [4.78, 5) is 12.5. The van der Waals surface area contributed by atoms with E-state index in [-0.39, 0.29) is 5.78 Å². The number of ether oxygens (including phenoxy) is 2. The molecular weight excluding hydrogens is 266 g/mol. The maximum atomic E-state index is 12.5. The van der Waals surface area contributed by atoms with E-state index >= 15 is 0 Å². The van der Waals surface area contributed by atoms with Crippen LogP contribution in [0, 0.1) is 0 Å². The molecule has 0 bridgehead atoms. The molecule has 2 atom stereocenters. The number of ketones is 1. The van der Waals surface area contributed by atoms with Crippen molar-refractivity contribution < 1.29 is 14.3 Å². The van der Waals surface area contributed by atoms with Crippen LogP contribution in [0.5, 0.6) is 11.5 Å². The highest BCUT2D eigenvalue weighted by Crippen LogP contribution is 2.31. The third-order valence-corrected chi connectivity index (χ3v) is 4.21. The standard InChI is InChI=1S/C17H23NO3/c1-12-4-2-5-14(18-12)11-15(19)13-6-7-16-17(10-13)21-9-3-8-20-16/h6-7,10,12,14,18H,2-5,8-9,11H2,1H3. The van der Waals surface area contributed by atoms with Crippen LogP contribution in [-0.2, 0) is 0 Å². The first kappa shape index (κ1) is 14.4. The van der Waals surface area contributed by atoms with Crippen molar-refractivity contribution in [2.75, 3.05) is 13.2 Å². The molecular formula is C17H23NO3. The smallest absolute Gasteiger partial charge is 0.164 e. The van der Waals surface area contributed by atoms with Crippen LogP contribution in [0.2, 0.25) is 0 Å². The third kappa shape index (κ3) is 3.56. The molecule has 2 heterocycles. The molecule has 1 fully saturated rings. The third-order valence-electron chi connectivity index (χ3n) is 4.21. The highest BCUT2D eigenvalue weighted by Gasteiger charge is 2.22. The van der Waals surface area contributed by atoms with E-state index in [9.17, 15) is 4.79 Å². The van der Waals surface area contributed by atoms with Crippen LogP contribution in [0.3, 0.4) is 0 Å². The van der Waals surface area contributed by atoms with Crippen molar-refractivity contribution in [1.29, 1.82) is 0 Å². The topological polar surface area (TPSA) is 47.6 Å². The van der Waals surface area contributed by atoms with Crippen LogP contribution in [-0.4, -0.2) is 31.1 Å². The van der Waals surface area contributed by atoms with E-state index in [0.29, 0.717) is 37.5 Å². The number of piperidine rings is 1. The molecule has 2 aliphatic heterocycles. The number of carbonyl (C=O) groups excluding carboxylic acids is 1. The Morgan fingerprint density at radius 2 is 2.00 bits per heavy atom. The highest BCUT2D eigenvalue weighted by atomic mass is 16.5. The molecule has 0 aromatic heterocycles. The summed E-state index contributed by atoms with van der Waals surface area (Å²) >= 11 is 0. The lowest BCUT2D eigenvalue weighted by atomic mass is 9.94. The van der Waals surface area contributed by atoms with Crippen LogP contribution in [0.15, 0.2) is 18.2 Å². The van der Waals surface area contributed by atoms with Crippen molar-refractivity contribution >= 4 is 5.78 Å². The summed E-state index contributed by atoms with van der Waals surface area (Å²) in [6.07, 6.45) is 4.93. The zero-order valence-electron chi connectivity index (χ0n) is 12.6. The summed E-state index contributed by atoms with van der Waals surface area (Å²) in [5.41, 5.74) is 0.722. The Hall–Kier alpha value is -1.55. The molecule has 0 radical (unpaired) electrons. The van der Waals surface area contributed by atoms with Crippen molar-refractivity contribution in [2.45, 2.75) is 51.1 Å². The van der Waals surface area contributed by atoms with E-state index in [4.69, 9.17) is 9.47 Å². The SMILES string of the molecule is CC1CCCC(CC(=O)c2ccc3c(c2)OCCCO3)N1. The normalized spacial score (nSPS) is 25.2. The summed E-state index contributed by atoms with van der Waals surface area (Å²) in [5.74, 6) is 1.62. The van der Waals surface area contributed by atoms with Gasteiger partial charge in [-0.15, -0.1) is 0 Å². The predicted octanol–water partition coefficient (Wildman–Crippen LogP) is 2.95. The van der Waals surface area contributed by atoms with Gasteiger partial charge in [0, 0.05) is 30.5 Å². The Morgan fingerprint density at radius 3 is 2.81 bits per heavy atom. The average Bonchev–Trinajstić information content (AvgIpc) is 2.71. The fraction of sp³-hybridized carbons (Fsp3) is 0.588. The number of benzene rings is 1. The number of Topliss-reactive ketones (excluding diaryl/α,β-unsaturated/α-hetero) is 1. The van der Waals surface area contributed by atoms with Crippen molar-refractivity contribution in [2.24, 2.45) is 0 Å². The zero-order valence-corrected chi connectivity index (χ0v) is 12.6. The van der Waals surface area contributed by atoms with E-state index in [1.54, 1.807) is 0 Å². The first-order valence-corrected chi connectivity index (χ1v) is 7.91. The molecule has 1 aromatic rings. The maximum absolute atomic E-state index is 12.5. The van der Waals surface area contributed by atoms with Crippen LogP contribution in [0.4, 0.5) is 0 Å². The molecule has 4 nitrogen and oxygen atoms in total. The van der Waals surface area contributed by atoms with E-state index in [0.717, 1.165) is 24.2 Å². The Morgan fingerprint density at radius 1 is 1.19 bits per heavy atom. The van der Waals surface area contributed by atoms with Gasteiger partial charge < -0.3 is 14.8 Å². The molecule has 2 unspecified atom stereocenters. The van der Waals surface area contributed by atoms with Crippen molar-refractivity contribution in [3.05, 3.63) is 23.8 Å². The molecule has 0 spiro atoms. The van der Waals surface area contributed by atoms with Gasteiger partial charge in [0.2, 0.25) is 0 Å². The monoisotopic (exact) mass is 289 g/mol. The number of hydrogen-bond donors (Lipinski definition) is 1. The predicted molar refractivity (Wildman–Crippen MR) is 81.2 cm³/mol.